The van der Waals surface area contributed by atoms with Crippen LogP contribution in [0.2, 0.25) is 0 Å². The van der Waals surface area contributed by atoms with E-state index in [1.807, 2.05) is 6.07 Å². The highest BCUT2D eigenvalue weighted by molar-refractivity contribution is 5.76. The maximum absolute atomic E-state index is 11.6. The first kappa shape index (κ1) is 13.1. The summed E-state index contributed by atoms with van der Waals surface area (Å²) in [6, 6.07) is 10.5. The Hall–Kier alpha value is -1.35. The van der Waals surface area contributed by atoms with Crippen molar-refractivity contribution < 1.29 is 4.79 Å². The van der Waals surface area contributed by atoms with Crippen molar-refractivity contribution in [2.24, 2.45) is 11.3 Å². The molecule has 1 amide bonds. The van der Waals surface area contributed by atoms with E-state index in [4.69, 9.17) is 5.84 Å². The van der Waals surface area contributed by atoms with Gasteiger partial charge in [-0.15, -0.1) is 0 Å². The minimum absolute atomic E-state index is 0.0344. The molecule has 1 aliphatic rings. The molecule has 1 fully saturated rings. The molecular weight excluding hydrogens is 224 g/mol. The lowest BCUT2D eigenvalue weighted by molar-refractivity contribution is -0.124. The molecular formula is C15H22N2O. The fourth-order valence-corrected chi connectivity index (χ4v) is 3.14. The number of nitrogens with two attached hydrogens (primary N) is 1. The topological polar surface area (TPSA) is 55.1 Å². The lowest BCUT2D eigenvalue weighted by Gasteiger charge is -2.37. The summed E-state index contributed by atoms with van der Waals surface area (Å²) in [4.78, 5) is 11.6. The molecule has 18 heavy (non-hydrogen) atoms. The summed E-state index contributed by atoms with van der Waals surface area (Å²) >= 11 is 0. The molecule has 0 bridgehead atoms. The van der Waals surface area contributed by atoms with Crippen LogP contribution in [0.5, 0.6) is 0 Å². The Bertz CT molecular complexity index is 383. The van der Waals surface area contributed by atoms with Crippen molar-refractivity contribution in [1.29, 1.82) is 0 Å². The van der Waals surface area contributed by atoms with Gasteiger partial charge in [-0.3, -0.25) is 10.2 Å². The second kappa shape index (κ2) is 6.01. The van der Waals surface area contributed by atoms with Gasteiger partial charge in [-0.25, -0.2) is 5.84 Å². The average molecular weight is 246 g/mol. The number of nitrogens with one attached hydrogen (secondary N) is 1. The highest BCUT2D eigenvalue weighted by Crippen LogP contribution is 2.42. The van der Waals surface area contributed by atoms with Crippen LogP contribution in [0, 0.1) is 5.41 Å². The second-order valence-corrected chi connectivity index (χ2v) is 5.47. The van der Waals surface area contributed by atoms with Gasteiger partial charge in [0.05, 0.1) is 0 Å². The number of rotatable bonds is 4. The third-order valence-corrected chi connectivity index (χ3v) is 4.03. The van der Waals surface area contributed by atoms with Gasteiger partial charge < -0.3 is 0 Å². The third-order valence-electron chi connectivity index (χ3n) is 4.03. The number of hydrazine groups is 1. The van der Waals surface area contributed by atoms with Gasteiger partial charge in [0.15, 0.2) is 0 Å². The monoisotopic (exact) mass is 246 g/mol. The Morgan fingerprint density at radius 2 is 1.83 bits per heavy atom. The fourth-order valence-electron chi connectivity index (χ4n) is 3.14. The van der Waals surface area contributed by atoms with Crippen molar-refractivity contribution in [3.8, 4) is 0 Å². The van der Waals surface area contributed by atoms with Gasteiger partial charge in [-0.05, 0) is 30.2 Å². The van der Waals surface area contributed by atoms with Crippen molar-refractivity contribution in [2.75, 3.05) is 0 Å². The van der Waals surface area contributed by atoms with Crippen LogP contribution in [0.15, 0.2) is 30.3 Å². The van der Waals surface area contributed by atoms with E-state index in [1.165, 1.54) is 24.8 Å². The summed E-state index contributed by atoms with van der Waals surface area (Å²) in [5, 5.41) is 0. The van der Waals surface area contributed by atoms with E-state index in [2.05, 4.69) is 29.7 Å². The van der Waals surface area contributed by atoms with Crippen molar-refractivity contribution in [3.63, 3.8) is 0 Å². The number of hydrogen-bond donors (Lipinski definition) is 2. The van der Waals surface area contributed by atoms with Gasteiger partial charge in [-0.2, -0.15) is 0 Å². The molecule has 0 heterocycles. The number of carbonyl (C=O) groups excluding carboxylic acids is 1. The highest BCUT2D eigenvalue weighted by Gasteiger charge is 2.34. The smallest absolute Gasteiger partial charge is 0.234 e. The number of benzene rings is 1. The van der Waals surface area contributed by atoms with Gasteiger partial charge in [0.2, 0.25) is 5.91 Å². The zero-order valence-electron chi connectivity index (χ0n) is 10.8. The summed E-state index contributed by atoms with van der Waals surface area (Å²) in [5.74, 6) is 5.21. The van der Waals surface area contributed by atoms with Crippen LogP contribution >= 0.6 is 0 Å². The molecule has 0 aliphatic heterocycles. The van der Waals surface area contributed by atoms with Crippen LogP contribution < -0.4 is 11.3 Å². The normalized spacial score (nSPS) is 18.3. The van der Waals surface area contributed by atoms with E-state index in [9.17, 15) is 4.79 Å². The molecule has 3 N–H and O–H groups in total. The molecule has 0 spiro atoms. The van der Waals surface area contributed by atoms with Gasteiger partial charge >= 0.3 is 0 Å². The average Bonchev–Trinajstić information content (AvgIpc) is 2.40. The maximum Gasteiger partial charge on any atom is 0.234 e. The second-order valence-electron chi connectivity index (χ2n) is 5.47. The first-order valence-corrected chi connectivity index (χ1v) is 6.77. The van der Waals surface area contributed by atoms with E-state index < -0.39 is 0 Å². The molecule has 98 valence electrons. The number of hydrogen-bond acceptors (Lipinski definition) is 2. The van der Waals surface area contributed by atoms with Crippen molar-refractivity contribution >= 4 is 5.91 Å². The standard InChI is InChI=1S/C15H22N2O/c16-17-14(18)12-15(9-5-2-6-10-15)11-13-7-3-1-4-8-13/h1,3-4,7-8H,2,5-6,9-12,16H2,(H,17,18). The minimum Gasteiger partial charge on any atom is -0.294 e. The van der Waals surface area contributed by atoms with Crippen molar-refractivity contribution in [2.45, 2.75) is 44.9 Å². The van der Waals surface area contributed by atoms with E-state index in [1.54, 1.807) is 0 Å². The Morgan fingerprint density at radius 3 is 2.44 bits per heavy atom. The molecule has 0 aromatic heterocycles. The molecule has 2 rings (SSSR count). The minimum atomic E-state index is -0.0344. The molecule has 1 aliphatic carbocycles. The lowest BCUT2D eigenvalue weighted by atomic mass is 9.68. The molecule has 1 saturated carbocycles. The summed E-state index contributed by atoms with van der Waals surface area (Å²) in [6.07, 6.45) is 7.56. The van der Waals surface area contributed by atoms with Crippen LogP contribution in [-0.4, -0.2) is 5.91 Å². The fraction of sp³-hybridized carbons (Fsp3) is 0.533. The molecule has 3 heteroatoms. The van der Waals surface area contributed by atoms with Crippen molar-refractivity contribution in [3.05, 3.63) is 35.9 Å². The molecule has 0 saturated heterocycles. The Morgan fingerprint density at radius 1 is 1.17 bits per heavy atom. The predicted octanol–water partition coefficient (Wildman–Crippen LogP) is 2.56. The van der Waals surface area contributed by atoms with Gasteiger partial charge in [0.25, 0.3) is 0 Å². The van der Waals surface area contributed by atoms with Gasteiger partial charge in [0.1, 0.15) is 0 Å². The molecule has 1 aromatic carbocycles. The molecule has 1 aromatic rings. The molecule has 0 atom stereocenters. The Kier molecular flexibility index (Phi) is 4.37. The quantitative estimate of drug-likeness (QED) is 0.487. The van der Waals surface area contributed by atoms with E-state index in [0.29, 0.717) is 6.42 Å². The van der Waals surface area contributed by atoms with Crippen LogP contribution in [-0.2, 0) is 11.2 Å². The summed E-state index contributed by atoms with van der Waals surface area (Å²) in [6.45, 7) is 0. The number of amides is 1. The largest absolute Gasteiger partial charge is 0.294 e. The highest BCUT2D eigenvalue weighted by atomic mass is 16.2. The SMILES string of the molecule is NNC(=O)CC1(Cc2ccccc2)CCCCC1. The molecule has 3 nitrogen and oxygen atoms in total. The summed E-state index contributed by atoms with van der Waals surface area (Å²) in [7, 11) is 0. The van der Waals surface area contributed by atoms with Crippen LogP contribution in [0.3, 0.4) is 0 Å². The van der Waals surface area contributed by atoms with Gasteiger partial charge in [0, 0.05) is 6.42 Å². The summed E-state index contributed by atoms with van der Waals surface area (Å²) < 4.78 is 0. The predicted molar refractivity (Wildman–Crippen MR) is 72.6 cm³/mol. The zero-order chi connectivity index (χ0) is 12.8. The van der Waals surface area contributed by atoms with E-state index in [-0.39, 0.29) is 11.3 Å². The maximum atomic E-state index is 11.6. The number of carbonyl (C=O) groups is 1. The molecule has 0 radical (unpaired) electrons. The van der Waals surface area contributed by atoms with E-state index >= 15 is 0 Å². The van der Waals surface area contributed by atoms with E-state index in [0.717, 1.165) is 19.3 Å². The van der Waals surface area contributed by atoms with Crippen LogP contribution in [0.1, 0.15) is 44.1 Å². The third kappa shape index (κ3) is 3.33. The zero-order valence-corrected chi connectivity index (χ0v) is 10.8. The van der Waals surface area contributed by atoms with Gasteiger partial charge in [-0.1, -0.05) is 49.6 Å². The van der Waals surface area contributed by atoms with Crippen LogP contribution in [0.25, 0.3) is 0 Å². The van der Waals surface area contributed by atoms with Crippen LogP contribution in [0.4, 0.5) is 0 Å². The van der Waals surface area contributed by atoms with Crippen molar-refractivity contribution in [1.82, 2.24) is 5.43 Å². The summed E-state index contributed by atoms with van der Waals surface area (Å²) in [5.41, 5.74) is 3.72. The Balaban J connectivity index is 2.11. The molecule has 0 unspecified atom stereocenters. The lowest BCUT2D eigenvalue weighted by Crippen LogP contribution is -2.37. The first-order chi connectivity index (χ1) is 8.74. The first-order valence-electron chi connectivity index (χ1n) is 6.77. The Labute approximate surface area is 109 Å².